The van der Waals surface area contributed by atoms with Crippen LogP contribution in [0.2, 0.25) is 5.02 Å². The lowest BCUT2D eigenvalue weighted by atomic mass is 10.0. The van der Waals surface area contributed by atoms with Crippen molar-refractivity contribution >= 4 is 34.8 Å². The minimum Gasteiger partial charge on any atom is -0.431 e. The van der Waals surface area contributed by atoms with E-state index < -0.39 is 54.8 Å². The fourth-order valence-electron chi connectivity index (χ4n) is 2.99. The quantitative estimate of drug-likeness (QED) is 0.353. The minimum absolute atomic E-state index is 0.111. The first kappa shape index (κ1) is 26.6. The molecule has 3 rings (SSSR count). The summed E-state index contributed by atoms with van der Waals surface area (Å²) in [7, 11) is 0. The van der Waals surface area contributed by atoms with Crippen molar-refractivity contribution in [2.75, 3.05) is 0 Å². The Balaban J connectivity index is 1.66. The highest BCUT2D eigenvalue weighted by molar-refractivity contribution is 7.09. The van der Waals surface area contributed by atoms with Crippen molar-refractivity contribution in [3.05, 3.63) is 57.6 Å². The average molecular weight is 535 g/mol. The monoisotopic (exact) mass is 534 g/mol. The molecule has 0 aliphatic carbocycles. The van der Waals surface area contributed by atoms with Crippen molar-refractivity contribution in [1.29, 1.82) is 0 Å². The average Bonchev–Trinajstić information content (AvgIpc) is 3.49. The van der Waals surface area contributed by atoms with E-state index in [9.17, 15) is 32.3 Å². The number of carbonyl (C=O) groups excluding carboxylic acids is 2. The minimum atomic E-state index is -4.50. The van der Waals surface area contributed by atoms with Crippen molar-refractivity contribution < 1.29 is 36.7 Å². The van der Waals surface area contributed by atoms with Gasteiger partial charge in [0.05, 0.1) is 22.8 Å². The lowest BCUT2D eigenvalue weighted by molar-refractivity contribution is -0.140. The third kappa shape index (κ3) is 6.99. The first-order valence-electron chi connectivity index (χ1n) is 10.1. The largest absolute Gasteiger partial charge is 0.431 e. The Morgan fingerprint density at radius 1 is 1.26 bits per heavy atom. The Bertz CT molecular complexity index is 1170. The highest BCUT2D eigenvalue weighted by Crippen LogP contribution is 2.30. The molecule has 0 aliphatic heterocycles. The van der Waals surface area contributed by atoms with Gasteiger partial charge in [0.2, 0.25) is 17.6 Å². The summed E-state index contributed by atoms with van der Waals surface area (Å²) in [5.41, 5.74) is 0.111. The number of rotatable bonds is 9. The summed E-state index contributed by atoms with van der Waals surface area (Å²) in [6, 6.07) is 1.43. The molecule has 2 amide bonds. The van der Waals surface area contributed by atoms with Gasteiger partial charge in [-0.05, 0) is 25.5 Å². The predicted octanol–water partition coefficient (Wildman–Crippen LogP) is 4.27. The summed E-state index contributed by atoms with van der Waals surface area (Å²) in [5, 5.41) is 16.5. The van der Waals surface area contributed by atoms with Crippen LogP contribution in [0.4, 0.5) is 17.6 Å². The molecule has 0 fully saturated rings. The number of hydrogen-bond donors (Lipinski definition) is 3. The predicted molar refractivity (Wildman–Crippen MR) is 118 cm³/mol. The van der Waals surface area contributed by atoms with E-state index >= 15 is 0 Å². The van der Waals surface area contributed by atoms with Crippen LogP contribution < -0.4 is 10.6 Å². The fraction of sp³-hybridized carbons (Fsp3) is 0.333. The lowest BCUT2D eigenvalue weighted by Crippen LogP contribution is -2.49. The molecular formula is C21H19ClF4N4O4S. The second kappa shape index (κ2) is 11.1. The smallest absolute Gasteiger partial charge is 0.389 e. The second-order valence-electron chi connectivity index (χ2n) is 7.41. The number of aromatic nitrogens is 2. The molecule has 0 spiro atoms. The van der Waals surface area contributed by atoms with Crippen LogP contribution in [0.5, 0.6) is 0 Å². The first-order chi connectivity index (χ1) is 16.5. The first-order valence-corrected chi connectivity index (χ1v) is 11.4. The number of oxazole rings is 1. The Labute approximate surface area is 205 Å². The summed E-state index contributed by atoms with van der Waals surface area (Å²) >= 11 is 6.91. The maximum absolute atomic E-state index is 13.7. The van der Waals surface area contributed by atoms with Gasteiger partial charge in [0.25, 0.3) is 5.91 Å². The number of hydrogen-bond acceptors (Lipinski definition) is 7. The van der Waals surface area contributed by atoms with Crippen LogP contribution in [0.25, 0.3) is 11.5 Å². The van der Waals surface area contributed by atoms with Gasteiger partial charge in [-0.25, -0.2) is 14.4 Å². The highest BCUT2D eigenvalue weighted by atomic mass is 35.5. The molecular weight excluding hydrogens is 516 g/mol. The summed E-state index contributed by atoms with van der Waals surface area (Å²) in [4.78, 5) is 32.8. The molecule has 3 atom stereocenters. The number of aliphatic hydroxyl groups is 1. The third-order valence-corrected chi connectivity index (χ3v) is 6.03. The molecule has 1 unspecified atom stereocenters. The number of nitrogens with one attached hydrogen (secondary N) is 2. The van der Waals surface area contributed by atoms with E-state index in [1.54, 1.807) is 0 Å². The van der Waals surface area contributed by atoms with E-state index in [0.717, 1.165) is 23.6 Å². The number of benzene rings is 1. The van der Waals surface area contributed by atoms with Crippen molar-refractivity contribution in [3.63, 3.8) is 0 Å². The van der Waals surface area contributed by atoms with Gasteiger partial charge in [0.15, 0.2) is 0 Å². The molecule has 3 N–H and O–H groups in total. The van der Waals surface area contributed by atoms with E-state index in [2.05, 4.69) is 20.6 Å². The fourth-order valence-corrected chi connectivity index (χ4v) is 3.89. The topological polar surface area (TPSA) is 117 Å². The maximum atomic E-state index is 13.7. The molecule has 2 aromatic heterocycles. The van der Waals surface area contributed by atoms with Crippen molar-refractivity contribution in [2.45, 2.75) is 44.1 Å². The summed E-state index contributed by atoms with van der Waals surface area (Å²) in [6.45, 7) is 1.30. The van der Waals surface area contributed by atoms with E-state index in [1.807, 2.05) is 0 Å². The SMILES string of the molecule is C[C@H](NC(=O)c1cnc(-c2cccc(F)c2Cl)o1)C(=O)N[C@@H](CCC(F)(F)F)C(O)c1nccs1. The molecule has 188 valence electrons. The van der Waals surface area contributed by atoms with Crippen LogP contribution in [0.1, 0.15) is 41.4 Å². The molecule has 0 aliphatic rings. The number of halogens is 5. The van der Waals surface area contributed by atoms with E-state index in [4.69, 9.17) is 16.0 Å². The van der Waals surface area contributed by atoms with Gasteiger partial charge in [0.1, 0.15) is 23.0 Å². The standard InChI is InChI=1S/C21H19ClF4N4O4S/c1-10(17(32)30-13(5-6-21(24,25)26)16(31)20-27-7-8-35-20)29-18(33)14-9-28-19(34-14)11-3-2-4-12(23)15(11)22/h2-4,7-10,13,16,31H,5-6H2,1H3,(H,29,33)(H,30,32)/t10-,13-,16?/m0/s1. The van der Waals surface area contributed by atoms with Crippen LogP contribution in [-0.4, -0.2) is 45.1 Å². The van der Waals surface area contributed by atoms with Gasteiger partial charge in [-0.3, -0.25) is 9.59 Å². The highest BCUT2D eigenvalue weighted by Gasteiger charge is 2.33. The second-order valence-corrected chi connectivity index (χ2v) is 8.71. The third-order valence-electron chi connectivity index (χ3n) is 4.80. The summed E-state index contributed by atoms with van der Waals surface area (Å²) in [6.07, 6.45) is -5.40. The number of aliphatic hydroxyl groups excluding tert-OH is 1. The molecule has 14 heteroatoms. The lowest BCUT2D eigenvalue weighted by Gasteiger charge is -2.25. The Hall–Kier alpha value is -3.03. The molecule has 8 nitrogen and oxygen atoms in total. The number of thiazole rings is 1. The Morgan fingerprint density at radius 2 is 2.00 bits per heavy atom. The van der Waals surface area contributed by atoms with Crippen molar-refractivity contribution in [3.8, 4) is 11.5 Å². The number of nitrogens with zero attached hydrogens (tertiary/aromatic N) is 2. The number of alkyl halides is 3. The van der Waals surface area contributed by atoms with Crippen LogP contribution in [0, 0.1) is 5.82 Å². The normalized spacial score (nSPS) is 14.3. The Morgan fingerprint density at radius 3 is 2.66 bits per heavy atom. The Kier molecular flexibility index (Phi) is 8.46. The molecule has 1 aromatic carbocycles. The molecule has 2 heterocycles. The molecule has 0 bridgehead atoms. The molecule has 35 heavy (non-hydrogen) atoms. The van der Waals surface area contributed by atoms with Gasteiger partial charge in [-0.2, -0.15) is 13.2 Å². The molecule has 0 saturated heterocycles. The van der Waals surface area contributed by atoms with Gasteiger partial charge in [-0.1, -0.05) is 17.7 Å². The number of carbonyl (C=O) groups is 2. The van der Waals surface area contributed by atoms with Gasteiger partial charge in [-0.15, -0.1) is 11.3 Å². The number of amides is 2. The van der Waals surface area contributed by atoms with Crippen molar-refractivity contribution in [2.24, 2.45) is 0 Å². The van der Waals surface area contributed by atoms with Crippen LogP contribution in [-0.2, 0) is 4.79 Å². The van der Waals surface area contributed by atoms with E-state index in [-0.39, 0.29) is 27.2 Å². The summed E-state index contributed by atoms with van der Waals surface area (Å²) in [5.74, 6) is -2.84. The zero-order valence-electron chi connectivity index (χ0n) is 18.0. The van der Waals surface area contributed by atoms with Crippen molar-refractivity contribution in [1.82, 2.24) is 20.6 Å². The van der Waals surface area contributed by atoms with Crippen LogP contribution in [0.15, 0.2) is 40.4 Å². The molecule has 3 aromatic rings. The van der Waals surface area contributed by atoms with Crippen LogP contribution >= 0.6 is 22.9 Å². The zero-order chi connectivity index (χ0) is 25.8. The van der Waals surface area contributed by atoms with E-state index in [1.165, 1.54) is 30.6 Å². The molecule has 0 radical (unpaired) electrons. The van der Waals surface area contributed by atoms with E-state index in [0.29, 0.717) is 0 Å². The zero-order valence-corrected chi connectivity index (χ0v) is 19.5. The van der Waals surface area contributed by atoms with Gasteiger partial charge in [0, 0.05) is 18.0 Å². The van der Waals surface area contributed by atoms with Gasteiger partial charge < -0.3 is 20.2 Å². The maximum Gasteiger partial charge on any atom is 0.389 e. The van der Waals surface area contributed by atoms with Crippen LogP contribution in [0.3, 0.4) is 0 Å². The van der Waals surface area contributed by atoms with Gasteiger partial charge >= 0.3 is 6.18 Å². The summed E-state index contributed by atoms with van der Waals surface area (Å²) < 4.78 is 57.2. The molecule has 0 saturated carbocycles.